The Bertz CT molecular complexity index is 638. The molecule has 0 fully saturated rings. The third kappa shape index (κ3) is 5.43. The van der Waals surface area contributed by atoms with E-state index < -0.39 is 24.4 Å². The third-order valence-electron chi connectivity index (χ3n) is 3.22. The van der Waals surface area contributed by atoms with Gasteiger partial charge in [-0.3, -0.25) is 4.79 Å². The van der Waals surface area contributed by atoms with Crippen LogP contribution in [0, 0.1) is 5.82 Å². The Balaban J connectivity index is 2.02. The molecule has 0 bridgehead atoms. The number of alkyl halides is 3. The van der Waals surface area contributed by atoms with Gasteiger partial charge in [0.2, 0.25) is 5.91 Å². The number of hydrogen-bond acceptors (Lipinski definition) is 2. The zero-order valence-corrected chi connectivity index (χ0v) is 12.1. The van der Waals surface area contributed by atoms with Gasteiger partial charge in [0, 0.05) is 6.42 Å². The number of carbonyl (C=O) groups excluding carboxylic acids is 1. The maximum absolute atomic E-state index is 13.5. The molecule has 1 aromatic carbocycles. The van der Waals surface area contributed by atoms with Gasteiger partial charge in [0.15, 0.2) is 0 Å². The Morgan fingerprint density at radius 1 is 1.13 bits per heavy atom. The van der Waals surface area contributed by atoms with Crippen LogP contribution in [-0.2, 0) is 17.8 Å². The summed E-state index contributed by atoms with van der Waals surface area (Å²) < 4.78 is 56.4. The lowest BCUT2D eigenvalue weighted by atomic mass is 10.1. The molecule has 0 aliphatic rings. The van der Waals surface area contributed by atoms with Gasteiger partial charge in [-0.25, -0.2) is 4.39 Å². The Morgan fingerprint density at radius 3 is 2.48 bits per heavy atom. The topological polar surface area (TPSA) is 33.5 Å². The van der Waals surface area contributed by atoms with Crippen LogP contribution in [0.3, 0.4) is 0 Å². The Kier molecular flexibility index (Phi) is 5.41. The SMILES string of the molecule is O=C(CCc1ccccc1F)N(Cc1ccco1)CC(F)(F)F. The lowest BCUT2D eigenvalue weighted by Gasteiger charge is -2.23. The van der Waals surface area contributed by atoms with Crippen molar-refractivity contribution in [2.75, 3.05) is 6.54 Å². The highest BCUT2D eigenvalue weighted by molar-refractivity contribution is 5.76. The summed E-state index contributed by atoms with van der Waals surface area (Å²) in [5.74, 6) is -0.927. The Morgan fingerprint density at radius 2 is 1.87 bits per heavy atom. The molecule has 0 radical (unpaired) electrons. The van der Waals surface area contributed by atoms with Gasteiger partial charge in [-0.15, -0.1) is 0 Å². The van der Waals surface area contributed by atoms with Crippen molar-refractivity contribution in [3.8, 4) is 0 Å². The van der Waals surface area contributed by atoms with E-state index in [1.807, 2.05) is 0 Å². The zero-order chi connectivity index (χ0) is 16.9. The molecule has 0 spiro atoms. The first-order chi connectivity index (χ1) is 10.8. The fourth-order valence-corrected chi connectivity index (χ4v) is 2.14. The number of benzene rings is 1. The quantitative estimate of drug-likeness (QED) is 0.752. The molecule has 2 rings (SSSR count). The second-order valence-electron chi connectivity index (χ2n) is 5.04. The Hall–Kier alpha value is -2.31. The molecule has 0 N–H and O–H groups in total. The lowest BCUT2D eigenvalue weighted by Crippen LogP contribution is -2.38. The first kappa shape index (κ1) is 17.1. The van der Waals surface area contributed by atoms with Gasteiger partial charge in [-0.05, 0) is 30.2 Å². The third-order valence-corrected chi connectivity index (χ3v) is 3.22. The fraction of sp³-hybridized carbons (Fsp3) is 0.312. The van der Waals surface area contributed by atoms with Crippen molar-refractivity contribution in [3.05, 3.63) is 59.8 Å². The number of hydrogen-bond donors (Lipinski definition) is 0. The van der Waals surface area contributed by atoms with E-state index in [9.17, 15) is 22.4 Å². The summed E-state index contributed by atoms with van der Waals surface area (Å²) >= 11 is 0. The summed E-state index contributed by atoms with van der Waals surface area (Å²) in [6, 6.07) is 8.89. The maximum atomic E-state index is 13.5. The van der Waals surface area contributed by atoms with Gasteiger partial charge in [0.05, 0.1) is 12.8 Å². The number of rotatable bonds is 6. The van der Waals surface area contributed by atoms with Crippen LogP contribution in [0.2, 0.25) is 0 Å². The van der Waals surface area contributed by atoms with E-state index in [2.05, 4.69) is 0 Å². The standard InChI is InChI=1S/C16H15F4NO2/c17-14-6-2-1-4-12(14)7-8-15(22)21(11-16(18,19)20)10-13-5-3-9-23-13/h1-6,9H,7-8,10-11H2. The maximum Gasteiger partial charge on any atom is 0.406 e. The highest BCUT2D eigenvalue weighted by Gasteiger charge is 2.33. The summed E-state index contributed by atoms with van der Waals surface area (Å²) in [7, 11) is 0. The van der Waals surface area contributed by atoms with Crippen LogP contribution in [0.4, 0.5) is 17.6 Å². The summed E-state index contributed by atoms with van der Waals surface area (Å²) in [5, 5.41) is 0. The highest BCUT2D eigenvalue weighted by atomic mass is 19.4. The summed E-state index contributed by atoms with van der Waals surface area (Å²) in [6.45, 7) is -1.65. The molecule has 0 unspecified atom stereocenters. The van der Waals surface area contributed by atoms with Gasteiger partial charge in [0.1, 0.15) is 18.1 Å². The van der Waals surface area contributed by atoms with E-state index in [1.165, 1.54) is 36.6 Å². The molecule has 0 aliphatic carbocycles. The molecule has 0 saturated heterocycles. The van der Waals surface area contributed by atoms with E-state index in [4.69, 9.17) is 4.42 Å². The molecule has 0 atom stereocenters. The molecule has 2 aromatic rings. The van der Waals surface area contributed by atoms with Crippen LogP contribution in [0.5, 0.6) is 0 Å². The van der Waals surface area contributed by atoms with Crippen molar-refractivity contribution in [1.82, 2.24) is 4.90 Å². The minimum absolute atomic E-state index is 0.0397. The average molecular weight is 329 g/mol. The van der Waals surface area contributed by atoms with Gasteiger partial charge in [0.25, 0.3) is 0 Å². The van der Waals surface area contributed by atoms with Gasteiger partial charge >= 0.3 is 6.18 Å². The normalized spacial score (nSPS) is 11.5. The summed E-state index contributed by atoms with van der Waals surface area (Å²) in [6.07, 6.45) is -3.36. The van der Waals surface area contributed by atoms with Gasteiger partial charge in [-0.1, -0.05) is 18.2 Å². The van der Waals surface area contributed by atoms with E-state index in [0.717, 1.165) is 0 Å². The molecule has 23 heavy (non-hydrogen) atoms. The van der Waals surface area contributed by atoms with Crippen LogP contribution in [-0.4, -0.2) is 23.5 Å². The highest BCUT2D eigenvalue weighted by Crippen LogP contribution is 2.20. The van der Waals surface area contributed by atoms with Crippen molar-refractivity contribution in [2.24, 2.45) is 0 Å². The second-order valence-corrected chi connectivity index (χ2v) is 5.04. The molecule has 3 nitrogen and oxygen atoms in total. The van der Waals surface area contributed by atoms with Crippen LogP contribution in [0.1, 0.15) is 17.7 Å². The van der Waals surface area contributed by atoms with E-state index in [-0.39, 0.29) is 25.1 Å². The molecular formula is C16H15F4NO2. The molecule has 0 aliphatic heterocycles. The molecule has 1 amide bonds. The molecule has 1 heterocycles. The molecule has 124 valence electrons. The van der Waals surface area contributed by atoms with Crippen molar-refractivity contribution >= 4 is 5.91 Å². The van der Waals surface area contributed by atoms with Crippen LogP contribution < -0.4 is 0 Å². The first-order valence-electron chi connectivity index (χ1n) is 6.95. The lowest BCUT2D eigenvalue weighted by molar-refractivity contribution is -0.162. The van der Waals surface area contributed by atoms with E-state index in [1.54, 1.807) is 6.07 Å². The zero-order valence-electron chi connectivity index (χ0n) is 12.1. The fourth-order valence-electron chi connectivity index (χ4n) is 2.14. The van der Waals surface area contributed by atoms with Crippen LogP contribution in [0.25, 0.3) is 0 Å². The smallest absolute Gasteiger partial charge is 0.406 e. The number of furan rings is 1. The number of amides is 1. The van der Waals surface area contributed by atoms with Crippen LogP contribution >= 0.6 is 0 Å². The minimum atomic E-state index is -4.51. The van der Waals surface area contributed by atoms with Gasteiger partial charge in [-0.2, -0.15) is 13.2 Å². The van der Waals surface area contributed by atoms with E-state index >= 15 is 0 Å². The molecular weight excluding hydrogens is 314 g/mol. The first-order valence-corrected chi connectivity index (χ1v) is 6.95. The predicted molar refractivity (Wildman–Crippen MR) is 74.9 cm³/mol. The monoisotopic (exact) mass is 329 g/mol. The number of halogens is 4. The van der Waals surface area contributed by atoms with Crippen molar-refractivity contribution in [2.45, 2.75) is 25.6 Å². The number of aryl methyl sites for hydroxylation is 1. The minimum Gasteiger partial charge on any atom is -0.467 e. The van der Waals surface area contributed by atoms with Crippen molar-refractivity contribution in [3.63, 3.8) is 0 Å². The molecule has 0 saturated carbocycles. The summed E-state index contributed by atoms with van der Waals surface area (Å²) in [4.78, 5) is 12.8. The average Bonchev–Trinajstić information content (AvgIpc) is 2.97. The number of nitrogens with zero attached hydrogens (tertiary/aromatic N) is 1. The molecule has 1 aromatic heterocycles. The van der Waals surface area contributed by atoms with Gasteiger partial charge < -0.3 is 9.32 Å². The van der Waals surface area contributed by atoms with Crippen LogP contribution in [0.15, 0.2) is 47.1 Å². The van der Waals surface area contributed by atoms with Crippen molar-refractivity contribution < 1.29 is 26.8 Å². The Labute approximate surface area is 130 Å². The second kappa shape index (κ2) is 7.30. The predicted octanol–water partition coefficient (Wildman–Crippen LogP) is 3.94. The largest absolute Gasteiger partial charge is 0.467 e. The number of carbonyl (C=O) groups is 1. The summed E-state index contributed by atoms with van der Waals surface area (Å²) in [5.41, 5.74) is 0.297. The molecule has 7 heteroatoms. The van der Waals surface area contributed by atoms with Crippen molar-refractivity contribution in [1.29, 1.82) is 0 Å². The van der Waals surface area contributed by atoms with E-state index in [0.29, 0.717) is 10.5 Å².